The molecule has 0 spiro atoms. The van der Waals surface area contributed by atoms with Gasteiger partial charge in [-0.2, -0.15) is 0 Å². The molecule has 242 valence electrons. The highest BCUT2D eigenvalue weighted by atomic mass is 33.1. The third kappa shape index (κ3) is 8.52. The summed E-state index contributed by atoms with van der Waals surface area (Å²) in [5, 5.41) is 19.8. The van der Waals surface area contributed by atoms with E-state index in [0.29, 0.717) is 47.6 Å². The monoisotopic (exact) mass is 664 g/mol. The van der Waals surface area contributed by atoms with Crippen molar-refractivity contribution in [1.29, 1.82) is 0 Å². The molecule has 0 aromatic heterocycles. The maximum Gasteiger partial charge on any atom is 0.161 e. The third-order valence-electron chi connectivity index (χ3n) is 6.77. The van der Waals surface area contributed by atoms with Crippen molar-refractivity contribution >= 4 is 34.0 Å². The molecular formula is C34H36N2O8S2. The summed E-state index contributed by atoms with van der Waals surface area (Å²) in [6.07, 6.45) is 3.46. The second-order valence-corrected chi connectivity index (χ2v) is 11.8. The van der Waals surface area contributed by atoms with E-state index in [9.17, 15) is 10.2 Å². The zero-order valence-corrected chi connectivity index (χ0v) is 28.0. The normalized spacial score (nSPS) is 11.2. The molecule has 2 N–H and O–H groups in total. The lowest BCUT2D eigenvalue weighted by Gasteiger charge is -2.16. The van der Waals surface area contributed by atoms with Crippen LogP contribution in [0.25, 0.3) is 0 Å². The van der Waals surface area contributed by atoms with Crippen molar-refractivity contribution in [2.24, 2.45) is 9.98 Å². The van der Waals surface area contributed by atoms with E-state index in [2.05, 4.69) is 9.98 Å². The largest absolute Gasteiger partial charge is 0.504 e. The molecule has 4 aromatic rings. The van der Waals surface area contributed by atoms with E-state index in [-0.39, 0.29) is 11.5 Å². The van der Waals surface area contributed by atoms with Crippen LogP contribution in [0.15, 0.2) is 80.4 Å². The number of benzene rings is 4. The molecule has 0 aliphatic rings. The first-order chi connectivity index (χ1) is 22.3. The fraction of sp³-hybridized carbons (Fsp3) is 0.235. The summed E-state index contributed by atoms with van der Waals surface area (Å²) in [7, 11) is 12.5. The highest BCUT2D eigenvalue weighted by Crippen LogP contribution is 2.46. The van der Waals surface area contributed by atoms with Crippen molar-refractivity contribution in [3.8, 4) is 46.0 Å². The van der Waals surface area contributed by atoms with Gasteiger partial charge in [0.15, 0.2) is 46.0 Å². The van der Waals surface area contributed by atoms with Crippen LogP contribution in [0.4, 0.5) is 0 Å². The Bertz CT molecular complexity index is 1590. The molecule has 0 aliphatic carbocycles. The van der Waals surface area contributed by atoms with Gasteiger partial charge in [0.2, 0.25) is 0 Å². The fourth-order valence-corrected chi connectivity index (χ4v) is 6.77. The molecule has 0 saturated heterocycles. The van der Waals surface area contributed by atoms with Crippen molar-refractivity contribution in [3.05, 3.63) is 82.9 Å². The third-order valence-corrected chi connectivity index (χ3v) is 9.30. The lowest BCUT2D eigenvalue weighted by atomic mass is 10.2. The van der Waals surface area contributed by atoms with Gasteiger partial charge in [-0.1, -0.05) is 21.6 Å². The average molecular weight is 665 g/mol. The molecule has 10 nitrogen and oxygen atoms in total. The van der Waals surface area contributed by atoms with Crippen LogP contribution in [0.1, 0.15) is 22.3 Å². The first-order valence-electron chi connectivity index (χ1n) is 13.9. The van der Waals surface area contributed by atoms with Gasteiger partial charge in [-0.25, -0.2) is 0 Å². The van der Waals surface area contributed by atoms with Crippen LogP contribution in [0.3, 0.4) is 0 Å². The van der Waals surface area contributed by atoms with Gasteiger partial charge in [-0.15, -0.1) is 0 Å². The zero-order valence-electron chi connectivity index (χ0n) is 26.4. The summed E-state index contributed by atoms with van der Waals surface area (Å²) in [5.41, 5.74) is 3.44. The number of aliphatic imine (C=N–C) groups is 2. The van der Waals surface area contributed by atoms with Gasteiger partial charge in [-0.3, -0.25) is 9.98 Å². The quantitative estimate of drug-likeness (QED) is 0.0998. The molecule has 0 unspecified atom stereocenters. The summed E-state index contributed by atoms with van der Waals surface area (Å²) in [6, 6.07) is 17.8. The molecule has 0 bridgehead atoms. The molecular weight excluding hydrogens is 629 g/mol. The van der Waals surface area contributed by atoms with Crippen molar-refractivity contribution in [1.82, 2.24) is 0 Å². The molecule has 4 aromatic carbocycles. The van der Waals surface area contributed by atoms with Gasteiger partial charge in [0, 0.05) is 22.2 Å². The van der Waals surface area contributed by atoms with Crippen LogP contribution in [0.5, 0.6) is 46.0 Å². The maximum atomic E-state index is 9.91. The van der Waals surface area contributed by atoms with Gasteiger partial charge in [-0.05, 0) is 82.9 Å². The number of ether oxygens (including phenoxy) is 6. The Labute approximate surface area is 276 Å². The van der Waals surface area contributed by atoms with E-state index in [4.69, 9.17) is 28.4 Å². The number of phenols is 2. The molecule has 0 fully saturated rings. The predicted octanol–water partition coefficient (Wildman–Crippen LogP) is 7.19. The van der Waals surface area contributed by atoms with Crippen LogP contribution >= 0.6 is 21.6 Å². The maximum absolute atomic E-state index is 9.91. The minimum absolute atomic E-state index is 0.0658. The average Bonchev–Trinajstić information content (AvgIpc) is 3.08. The predicted molar refractivity (Wildman–Crippen MR) is 183 cm³/mol. The lowest BCUT2D eigenvalue weighted by molar-refractivity contribution is 0.353. The smallest absolute Gasteiger partial charge is 0.161 e. The minimum atomic E-state index is 0.0658. The minimum Gasteiger partial charge on any atom is -0.504 e. The van der Waals surface area contributed by atoms with E-state index < -0.39 is 0 Å². The van der Waals surface area contributed by atoms with Gasteiger partial charge in [0.25, 0.3) is 0 Å². The highest BCUT2D eigenvalue weighted by Gasteiger charge is 2.16. The van der Waals surface area contributed by atoms with E-state index in [1.165, 1.54) is 14.2 Å². The zero-order chi connectivity index (χ0) is 33.1. The molecule has 0 radical (unpaired) electrons. The molecule has 0 amide bonds. The van der Waals surface area contributed by atoms with E-state index in [0.717, 1.165) is 32.0 Å². The number of nitrogens with zero attached hydrogens (tertiary/aromatic N) is 2. The molecule has 0 saturated carbocycles. The fourth-order valence-electron chi connectivity index (χ4n) is 4.34. The Morgan fingerprint density at radius 1 is 0.500 bits per heavy atom. The van der Waals surface area contributed by atoms with Crippen LogP contribution < -0.4 is 28.4 Å². The number of hydrogen-bond donors (Lipinski definition) is 2. The molecule has 0 heterocycles. The van der Waals surface area contributed by atoms with Crippen LogP contribution in [-0.4, -0.2) is 65.3 Å². The molecule has 46 heavy (non-hydrogen) atoms. The summed E-state index contributed by atoms with van der Waals surface area (Å²) >= 11 is 0. The van der Waals surface area contributed by atoms with E-state index >= 15 is 0 Å². The summed E-state index contributed by atoms with van der Waals surface area (Å²) in [5.74, 6) is 3.28. The number of hydrogen-bond acceptors (Lipinski definition) is 12. The number of rotatable bonds is 15. The van der Waals surface area contributed by atoms with Crippen LogP contribution in [0.2, 0.25) is 0 Å². The van der Waals surface area contributed by atoms with Gasteiger partial charge in [0.05, 0.1) is 55.7 Å². The second-order valence-electron chi connectivity index (χ2n) is 9.60. The van der Waals surface area contributed by atoms with Gasteiger partial charge in [0.1, 0.15) is 0 Å². The van der Waals surface area contributed by atoms with E-state index in [1.807, 2.05) is 24.3 Å². The first-order valence-corrected chi connectivity index (χ1v) is 16.1. The number of phenolic OH excluding ortho intramolecular Hbond substituents is 2. The highest BCUT2D eigenvalue weighted by molar-refractivity contribution is 8.76. The molecule has 0 atom stereocenters. The lowest BCUT2D eigenvalue weighted by Crippen LogP contribution is -1.96. The molecule has 12 heteroatoms. The second kappa shape index (κ2) is 16.6. The van der Waals surface area contributed by atoms with Crippen molar-refractivity contribution < 1.29 is 38.6 Å². The number of aromatic hydroxyl groups is 2. The summed E-state index contributed by atoms with van der Waals surface area (Å²) in [6.45, 7) is 0.733. The standard InChI is InChI=1S/C34H36N2O8S2/c1-39-27-11-21(7-9-25(27)37)17-35-19-23-13-29(41-3)31(43-5)15-33(23)45-46-34-16-32(44-6)30(42-4)14-24(34)20-36-18-22-8-10-26(38)28(12-22)40-2/h7-18,37-38H,19-20H2,1-6H3. The van der Waals surface area contributed by atoms with Crippen LogP contribution in [-0.2, 0) is 13.1 Å². The van der Waals surface area contributed by atoms with Gasteiger partial charge >= 0.3 is 0 Å². The van der Waals surface area contributed by atoms with Crippen molar-refractivity contribution in [2.75, 3.05) is 42.7 Å². The van der Waals surface area contributed by atoms with Crippen molar-refractivity contribution in [3.63, 3.8) is 0 Å². The Hall–Kier alpha value is -4.68. The topological polar surface area (TPSA) is 121 Å². The Balaban J connectivity index is 1.61. The summed E-state index contributed by atoms with van der Waals surface area (Å²) in [4.78, 5) is 11.2. The number of methoxy groups -OCH3 is 6. The molecule has 0 aliphatic heterocycles. The SMILES string of the molecule is COc1cc(C=NCc2cc(OC)c(OC)cc2SSc2cc(OC)c(OC)cc2CN=Cc2ccc(O)c(OC)c2)ccc1O. The van der Waals surface area contributed by atoms with Crippen LogP contribution in [0, 0.1) is 0 Å². The molecule has 4 rings (SSSR count). The van der Waals surface area contributed by atoms with Crippen molar-refractivity contribution in [2.45, 2.75) is 22.9 Å². The summed E-state index contributed by atoms with van der Waals surface area (Å²) < 4.78 is 32.8. The Morgan fingerprint density at radius 2 is 0.848 bits per heavy atom. The Kier molecular flexibility index (Phi) is 12.3. The Morgan fingerprint density at radius 3 is 1.20 bits per heavy atom. The van der Waals surface area contributed by atoms with E-state index in [1.54, 1.807) is 98.9 Å². The van der Waals surface area contributed by atoms with Gasteiger partial charge < -0.3 is 38.6 Å². The first kappa shape index (κ1) is 34.2.